The van der Waals surface area contributed by atoms with Crippen molar-refractivity contribution in [3.63, 3.8) is 0 Å². The summed E-state index contributed by atoms with van der Waals surface area (Å²) < 4.78 is 22.9. The van der Waals surface area contributed by atoms with E-state index in [1.54, 1.807) is 6.92 Å². The van der Waals surface area contributed by atoms with Gasteiger partial charge >= 0.3 is 0 Å². The van der Waals surface area contributed by atoms with Crippen molar-refractivity contribution in [2.75, 3.05) is 12.1 Å². The predicted octanol–water partition coefficient (Wildman–Crippen LogP) is 2.28. The summed E-state index contributed by atoms with van der Waals surface area (Å²) in [6, 6.07) is 2.87. The Morgan fingerprint density at radius 2 is 2.06 bits per heavy atom. The van der Waals surface area contributed by atoms with Gasteiger partial charge in [0, 0.05) is 6.26 Å². The zero-order valence-corrected chi connectivity index (χ0v) is 11.7. The minimum absolute atomic E-state index is 0.0540. The number of benzene rings is 1. The van der Waals surface area contributed by atoms with Crippen LogP contribution in [0, 0.1) is 6.92 Å². The normalized spacial score (nSPS) is 12.8. The Bertz CT molecular complexity index is 568. The Hall–Kier alpha value is -0.780. The van der Waals surface area contributed by atoms with Gasteiger partial charge in [0.25, 0.3) is 0 Å². The number of nitrogens with two attached hydrogens (primary N) is 1. The molecule has 0 saturated heterocycles. The van der Waals surface area contributed by atoms with Gasteiger partial charge in [-0.3, -0.25) is 0 Å². The minimum atomic E-state index is -3.31. The van der Waals surface area contributed by atoms with Gasteiger partial charge in [-0.25, -0.2) is 13.4 Å². The Balaban J connectivity index is 3.46. The summed E-state index contributed by atoms with van der Waals surface area (Å²) in [5.74, 6) is 0.233. The van der Waals surface area contributed by atoms with Crippen LogP contribution in [0.15, 0.2) is 22.0 Å². The van der Waals surface area contributed by atoms with Gasteiger partial charge in [-0.1, -0.05) is 11.6 Å². The van der Waals surface area contributed by atoms with Crippen LogP contribution in [0.3, 0.4) is 0 Å². The number of hydrogen-bond acceptors (Lipinski definition) is 3. The number of aliphatic imine (C=N–C) groups is 1. The largest absolute Gasteiger partial charge is 0.386 e. The van der Waals surface area contributed by atoms with E-state index in [1.807, 2.05) is 0 Å². The summed E-state index contributed by atoms with van der Waals surface area (Å²) in [5, 5.41) is 0.366. The molecular weight excluding hydrogens is 283 g/mol. The first-order valence-electron chi connectivity index (χ1n) is 4.65. The average molecular weight is 295 g/mol. The van der Waals surface area contributed by atoms with Crippen LogP contribution >= 0.6 is 23.2 Å². The number of halogens is 2. The first kappa shape index (κ1) is 14.3. The van der Waals surface area contributed by atoms with Gasteiger partial charge in [-0.2, -0.15) is 0 Å². The third-order valence-corrected chi connectivity index (χ3v) is 3.90. The van der Waals surface area contributed by atoms with E-state index in [4.69, 9.17) is 28.9 Å². The zero-order valence-electron chi connectivity index (χ0n) is 9.37. The third kappa shape index (κ3) is 3.59. The molecule has 0 aliphatic carbocycles. The van der Waals surface area contributed by atoms with E-state index in [9.17, 15) is 8.42 Å². The molecule has 1 aromatic carbocycles. The topological polar surface area (TPSA) is 72.5 Å². The second-order valence-electron chi connectivity index (χ2n) is 3.58. The molecule has 0 bridgehead atoms. The van der Waals surface area contributed by atoms with Crippen molar-refractivity contribution in [1.29, 1.82) is 0 Å². The number of sulfone groups is 1. The second kappa shape index (κ2) is 5.25. The van der Waals surface area contributed by atoms with E-state index in [0.717, 1.165) is 6.26 Å². The van der Waals surface area contributed by atoms with E-state index in [-0.39, 0.29) is 16.6 Å². The Morgan fingerprint density at radius 1 is 1.47 bits per heavy atom. The fraction of sp³-hybridized carbons (Fsp3) is 0.300. The summed E-state index contributed by atoms with van der Waals surface area (Å²) >= 11 is 11.5. The molecule has 4 nitrogen and oxygen atoms in total. The van der Waals surface area contributed by atoms with E-state index in [0.29, 0.717) is 16.3 Å². The summed E-state index contributed by atoms with van der Waals surface area (Å²) in [6.07, 6.45) is 1.12. The maximum Gasteiger partial charge on any atom is 0.175 e. The van der Waals surface area contributed by atoms with E-state index in [1.165, 1.54) is 12.1 Å². The first-order chi connectivity index (χ1) is 7.75. The van der Waals surface area contributed by atoms with E-state index < -0.39 is 9.84 Å². The summed E-state index contributed by atoms with van der Waals surface area (Å²) in [7, 11) is -3.31. The molecular formula is C10H12Cl2N2O2S. The molecule has 0 aliphatic heterocycles. The predicted molar refractivity (Wildman–Crippen MR) is 71.3 cm³/mol. The molecule has 7 heteroatoms. The number of alkyl halides is 1. The molecule has 0 fully saturated rings. The van der Waals surface area contributed by atoms with Crippen LogP contribution in [-0.4, -0.2) is 26.4 Å². The molecule has 1 aromatic rings. The molecule has 2 N–H and O–H groups in total. The van der Waals surface area contributed by atoms with Crippen LogP contribution in [0.4, 0.5) is 5.69 Å². The molecule has 0 radical (unpaired) electrons. The Morgan fingerprint density at radius 3 is 2.53 bits per heavy atom. The van der Waals surface area contributed by atoms with Crippen molar-refractivity contribution < 1.29 is 8.42 Å². The van der Waals surface area contributed by atoms with Gasteiger partial charge in [0.1, 0.15) is 5.84 Å². The van der Waals surface area contributed by atoms with Crippen molar-refractivity contribution in [1.82, 2.24) is 0 Å². The Kier molecular flexibility index (Phi) is 4.41. The molecule has 17 heavy (non-hydrogen) atoms. The number of hydrogen-bond donors (Lipinski definition) is 1. The zero-order chi connectivity index (χ0) is 13.2. The lowest BCUT2D eigenvalue weighted by Gasteiger charge is -2.07. The highest BCUT2D eigenvalue weighted by Gasteiger charge is 2.13. The maximum absolute atomic E-state index is 11.5. The quantitative estimate of drug-likeness (QED) is 0.528. The van der Waals surface area contributed by atoms with Gasteiger partial charge in [-0.05, 0) is 24.6 Å². The number of aryl methyl sites for hydroxylation is 1. The van der Waals surface area contributed by atoms with Crippen LogP contribution in [0.1, 0.15) is 5.56 Å². The summed E-state index contributed by atoms with van der Waals surface area (Å²) in [5.41, 5.74) is 6.42. The molecule has 0 aromatic heterocycles. The SMILES string of the molecule is Cc1cc(S(C)(=O)=O)cc(N=C(N)CCl)c1Cl. The number of amidine groups is 1. The van der Waals surface area contributed by atoms with Crippen LogP contribution in [0.25, 0.3) is 0 Å². The summed E-state index contributed by atoms with van der Waals surface area (Å²) in [6.45, 7) is 1.70. The molecule has 0 aliphatic rings. The van der Waals surface area contributed by atoms with Gasteiger partial charge < -0.3 is 5.73 Å². The van der Waals surface area contributed by atoms with Gasteiger partial charge in [0.2, 0.25) is 0 Å². The molecule has 0 amide bonds. The lowest BCUT2D eigenvalue weighted by atomic mass is 10.2. The number of rotatable bonds is 3. The van der Waals surface area contributed by atoms with Crippen molar-refractivity contribution in [2.24, 2.45) is 10.7 Å². The monoisotopic (exact) mass is 294 g/mol. The lowest BCUT2D eigenvalue weighted by molar-refractivity contribution is 0.602. The van der Waals surface area contributed by atoms with Gasteiger partial charge in [0.05, 0.1) is 21.5 Å². The number of nitrogens with zero attached hydrogens (tertiary/aromatic N) is 1. The molecule has 0 unspecified atom stereocenters. The third-order valence-electron chi connectivity index (χ3n) is 2.04. The second-order valence-corrected chi connectivity index (χ2v) is 6.24. The van der Waals surface area contributed by atoms with E-state index >= 15 is 0 Å². The van der Waals surface area contributed by atoms with Crippen LogP contribution in [0.2, 0.25) is 5.02 Å². The summed E-state index contributed by atoms with van der Waals surface area (Å²) in [4.78, 5) is 4.13. The molecule has 0 atom stereocenters. The van der Waals surface area contributed by atoms with Crippen molar-refractivity contribution in [2.45, 2.75) is 11.8 Å². The van der Waals surface area contributed by atoms with Crippen LogP contribution in [0.5, 0.6) is 0 Å². The van der Waals surface area contributed by atoms with Crippen LogP contribution < -0.4 is 5.73 Å². The molecule has 0 saturated carbocycles. The van der Waals surface area contributed by atoms with Gasteiger partial charge in [0.15, 0.2) is 9.84 Å². The molecule has 0 spiro atoms. The van der Waals surface area contributed by atoms with Crippen LogP contribution in [-0.2, 0) is 9.84 Å². The average Bonchev–Trinajstić information content (AvgIpc) is 2.22. The highest BCUT2D eigenvalue weighted by atomic mass is 35.5. The van der Waals surface area contributed by atoms with Crippen molar-refractivity contribution >= 4 is 44.6 Å². The standard InChI is InChI=1S/C10H12Cl2N2O2S/c1-6-3-7(17(2,15)16)4-8(10(6)12)14-9(13)5-11/h3-4H,5H2,1-2H3,(H2,13,14). The highest BCUT2D eigenvalue weighted by molar-refractivity contribution is 7.90. The van der Waals surface area contributed by atoms with Gasteiger partial charge in [-0.15, -0.1) is 11.6 Å². The molecule has 0 heterocycles. The minimum Gasteiger partial charge on any atom is -0.386 e. The van der Waals surface area contributed by atoms with E-state index in [2.05, 4.69) is 4.99 Å². The highest BCUT2D eigenvalue weighted by Crippen LogP contribution is 2.31. The van der Waals surface area contributed by atoms with Crippen molar-refractivity contribution in [3.8, 4) is 0 Å². The van der Waals surface area contributed by atoms with Crippen molar-refractivity contribution in [3.05, 3.63) is 22.7 Å². The fourth-order valence-electron chi connectivity index (χ4n) is 1.20. The lowest BCUT2D eigenvalue weighted by Crippen LogP contribution is -2.12. The molecule has 1 rings (SSSR count). The Labute approximate surface area is 110 Å². The molecule has 94 valence electrons. The first-order valence-corrected chi connectivity index (χ1v) is 7.45. The smallest absolute Gasteiger partial charge is 0.175 e. The fourth-order valence-corrected chi connectivity index (χ4v) is 2.13. The maximum atomic E-state index is 11.5.